The Labute approximate surface area is 106 Å². The van der Waals surface area contributed by atoms with E-state index in [4.69, 9.17) is 11.5 Å². The SMILES string of the molecule is [NH-]c1ccccc1C=NCCNCCN.[Ni]. The Hall–Kier alpha value is -0.896. The molecule has 0 radical (unpaired) electrons. The van der Waals surface area contributed by atoms with E-state index in [-0.39, 0.29) is 16.5 Å². The molecule has 4 nitrogen and oxygen atoms in total. The van der Waals surface area contributed by atoms with Crippen molar-refractivity contribution in [3.63, 3.8) is 0 Å². The van der Waals surface area contributed by atoms with E-state index in [9.17, 15) is 0 Å². The van der Waals surface area contributed by atoms with Gasteiger partial charge in [0.1, 0.15) is 0 Å². The number of nitrogens with zero attached hydrogens (tertiary/aromatic N) is 1. The molecule has 1 aromatic carbocycles. The predicted octanol–water partition coefficient (Wildman–Crippen LogP) is 1.33. The number of hydrogen-bond donors (Lipinski definition) is 2. The van der Waals surface area contributed by atoms with Gasteiger partial charge in [0.25, 0.3) is 0 Å². The van der Waals surface area contributed by atoms with E-state index < -0.39 is 0 Å². The number of rotatable bonds is 6. The van der Waals surface area contributed by atoms with Crippen LogP contribution in [0, 0.1) is 0 Å². The van der Waals surface area contributed by atoms with Gasteiger partial charge < -0.3 is 16.8 Å². The van der Waals surface area contributed by atoms with Crippen molar-refractivity contribution in [3.8, 4) is 0 Å². The molecule has 0 bridgehead atoms. The van der Waals surface area contributed by atoms with Crippen LogP contribution >= 0.6 is 0 Å². The van der Waals surface area contributed by atoms with Gasteiger partial charge in [-0.2, -0.15) is 0 Å². The van der Waals surface area contributed by atoms with Gasteiger partial charge in [-0.1, -0.05) is 24.3 Å². The second-order valence-corrected chi connectivity index (χ2v) is 3.16. The Balaban J connectivity index is 0.00000225. The fourth-order valence-corrected chi connectivity index (χ4v) is 1.14. The van der Waals surface area contributed by atoms with Crippen LogP contribution in [0.2, 0.25) is 0 Å². The average molecular weight is 264 g/mol. The maximum atomic E-state index is 7.59. The molecular weight excluding hydrogens is 247 g/mol. The Bertz CT molecular complexity index is 315. The minimum Gasteiger partial charge on any atom is -0.698 e. The van der Waals surface area contributed by atoms with E-state index in [0.29, 0.717) is 18.8 Å². The predicted molar refractivity (Wildman–Crippen MR) is 64.8 cm³/mol. The van der Waals surface area contributed by atoms with Crippen LogP contribution in [-0.2, 0) is 16.5 Å². The van der Waals surface area contributed by atoms with Gasteiger partial charge in [-0.15, -0.1) is 5.69 Å². The van der Waals surface area contributed by atoms with Crippen molar-refractivity contribution >= 4 is 11.9 Å². The zero-order valence-electron chi connectivity index (χ0n) is 9.06. The summed E-state index contributed by atoms with van der Waals surface area (Å²) in [7, 11) is 0. The molecule has 0 saturated heterocycles. The molecule has 0 atom stereocenters. The largest absolute Gasteiger partial charge is 0.698 e. The maximum Gasteiger partial charge on any atom is 0.0514 e. The summed E-state index contributed by atoms with van der Waals surface area (Å²) in [6, 6.07) is 7.40. The second-order valence-electron chi connectivity index (χ2n) is 3.16. The summed E-state index contributed by atoms with van der Waals surface area (Å²) >= 11 is 0. The summed E-state index contributed by atoms with van der Waals surface area (Å²) in [5.41, 5.74) is 14.3. The topological polar surface area (TPSA) is 74.2 Å². The number of aliphatic imine (C=N–C) groups is 1. The quantitative estimate of drug-likeness (QED) is 0.462. The first-order valence-electron chi connectivity index (χ1n) is 5.06. The molecule has 0 aliphatic heterocycles. The van der Waals surface area contributed by atoms with Crippen LogP contribution in [0.3, 0.4) is 0 Å². The Morgan fingerprint density at radius 2 is 2.06 bits per heavy atom. The zero-order chi connectivity index (χ0) is 10.9. The van der Waals surface area contributed by atoms with Gasteiger partial charge in [0.2, 0.25) is 0 Å². The van der Waals surface area contributed by atoms with Gasteiger partial charge >= 0.3 is 0 Å². The van der Waals surface area contributed by atoms with Gasteiger partial charge in [0.05, 0.1) is 6.54 Å². The summed E-state index contributed by atoms with van der Waals surface area (Å²) in [6.07, 6.45) is 1.74. The van der Waals surface area contributed by atoms with Crippen LogP contribution in [-0.4, -0.2) is 32.4 Å². The Kier molecular flexibility index (Phi) is 8.81. The van der Waals surface area contributed by atoms with E-state index in [2.05, 4.69) is 10.3 Å². The maximum absolute atomic E-state index is 7.59. The van der Waals surface area contributed by atoms with Crippen LogP contribution in [0.4, 0.5) is 5.69 Å². The summed E-state index contributed by atoms with van der Waals surface area (Å²) in [5, 5.41) is 3.15. The number of benzene rings is 1. The number of nitrogens with two attached hydrogens (primary N) is 1. The minimum atomic E-state index is 0. The molecule has 0 spiro atoms. The molecule has 16 heavy (non-hydrogen) atoms. The zero-order valence-corrected chi connectivity index (χ0v) is 10.0. The molecule has 0 aromatic heterocycles. The van der Waals surface area contributed by atoms with Crippen molar-refractivity contribution in [1.82, 2.24) is 5.32 Å². The normalized spacial score (nSPS) is 10.3. The van der Waals surface area contributed by atoms with E-state index in [0.717, 1.165) is 18.7 Å². The van der Waals surface area contributed by atoms with Crippen LogP contribution < -0.4 is 11.1 Å². The fraction of sp³-hybridized carbons (Fsp3) is 0.364. The standard InChI is InChI=1S/C11H17N4.Ni/c12-5-6-14-7-8-15-9-10-3-1-2-4-11(10)13;/h1-4,9,13-14H,5-8,12H2;/q-1;. The van der Waals surface area contributed by atoms with Crippen molar-refractivity contribution < 1.29 is 16.5 Å². The molecule has 5 heteroatoms. The molecule has 0 unspecified atom stereocenters. The number of nitrogens with one attached hydrogen (secondary N) is 2. The first-order chi connectivity index (χ1) is 7.34. The molecule has 0 saturated carbocycles. The fourth-order valence-electron chi connectivity index (χ4n) is 1.14. The molecule has 0 heterocycles. The Morgan fingerprint density at radius 1 is 1.31 bits per heavy atom. The molecule has 0 aliphatic carbocycles. The third-order valence-electron chi connectivity index (χ3n) is 1.93. The van der Waals surface area contributed by atoms with Crippen molar-refractivity contribution in [2.45, 2.75) is 0 Å². The molecule has 0 amide bonds. The smallest absolute Gasteiger partial charge is 0.0514 e. The minimum absolute atomic E-state index is 0. The molecule has 0 aliphatic rings. The summed E-state index contributed by atoms with van der Waals surface area (Å²) in [5.74, 6) is 0. The van der Waals surface area contributed by atoms with E-state index in [1.54, 1.807) is 12.3 Å². The summed E-state index contributed by atoms with van der Waals surface area (Å²) in [4.78, 5) is 4.23. The molecule has 92 valence electrons. The average Bonchev–Trinajstić information content (AvgIpc) is 2.25. The first-order valence-corrected chi connectivity index (χ1v) is 5.06. The van der Waals surface area contributed by atoms with Crippen LogP contribution in [0.1, 0.15) is 5.56 Å². The van der Waals surface area contributed by atoms with Gasteiger partial charge in [0.15, 0.2) is 0 Å². The van der Waals surface area contributed by atoms with Crippen LogP contribution in [0.15, 0.2) is 29.3 Å². The summed E-state index contributed by atoms with van der Waals surface area (Å²) in [6.45, 7) is 3.02. The Morgan fingerprint density at radius 3 is 2.75 bits per heavy atom. The first kappa shape index (κ1) is 15.1. The van der Waals surface area contributed by atoms with E-state index in [1.807, 2.05) is 18.2 Å². The molecule has 0 fully saturated rings. The van der Waals surface area contributed by atoms with E-state index >= 15 is 0 Å². The van der Waals surface area contributed by atoms with Gasteiger partial charge in [-0.05, 0) is 5.56 Å². The summed E-state index contributed by atoms with van der Waals surface area (Å²) < 4.78 is 0. The monoisotopic (exact) mass is 263 g/mol. The second kappa shape index (κ2) is 9.34. The third kappa shape index (κ3) is 5.86. The van der Waals surface area contributed by atoms with Gasteiger partial charge in [0, 0.05) is 42.3 Å². The van der Waals surface area contributed by atoms with Crippen molar-refractivity contribution in [1.29, 1.82) is 0 Å². The molecule has 1 rings (SSSR count). The molecule has 4 N–H and O–H groups in total. The van der Waals surface area contributed by atoms with E-state index in [1.165, 1.54) is 0 Å². The van der Waals surface area contributed by atoms with Crippen LogP contribution in [0.25, 0.3) is 5.73 Å². The van der Waals surface area contributed by atoms with Crippen molar-refractivity contribution in [2.75, 3.05) is 26.2 Å². The molecule has 1 aromatic rings. The third-order valence-corrected chi connectivity index (χ3v) is 1.93. The van der Waals surface area contributed by atoms with Crippen LogP contribution in [0.5, 0.6) is 0 Å². The number of hydrogen-bond acceptors (Lipinski definition) is 3. The van der Waals surface area contributed by atoms with Crippen molar-refractivity contribution in [2.24, 2.45) is 10.7 Å². The van der Waals surface area contributed by atoms with Crippen molar-refractivity contribution in [3.05, 3.63) is 35.6 Å². The molecular formula is C11H17N4Ni-. The van der Waals surface area contributed by atoms with Gasteiger partial charge in [-0.25, -0.2) is 0 Å². The van der Waals surface area contributed by atoms with Gasteiger partial charge in [-0.3, -0.25) is 4.99 Å².